The van der Waals surface area contributed by atoms with Gasteiger partial charge in [0, 0.05) is 0 Å². The molecule has 6 rings (SSSR count). The molecule has 0 nitrogen and oxygen atoms in total. The monoisotopic (exact) mass is 927 g/mol. The van der Waals surface area contributed by atoms with Gasteiger partial charge in [-0.2, -0.15) is 26.3 Å². The Morgan fingerprint density at radius 1 is 0.678 bits per heavy atom. The number of allylic oxidation sites excluding steroid dienone is 4. The molecule has 4 aromatic rings. The average Bonchev–Trinajstić information content (AvgIpc) is 3.65. The molecule has 1 atom stereocenters. The molecule has 59 heavy (non-hydrogen) atoms. The van der Waals surface area contributed by atoms with Crippen LogP contribution >= 0.6 is 0 Å². The minimum absolute atomic E-state index is 0. The third kappa shape index (κ3) is 9.79. The molecule has 9 heteroatoms. The Morgan fingerprint density at radius 2 is 1.17 bits per heavy atom. The topological polar surface area (TPSA) is 0 Å². The van der Waals surface area contributed by atoms with Crippen LogP contribution in [0.25, 0.3) is 17.2 Å². The van der Waals surface area contributed by atoms with Gasteiger partial charge in [-0.3, -0.25) is 0 Å². The van der Waals surface area contributed by atoms with E-state index in [1.807, 2.05) is 0 Å². The second-order valence-corrected chi connectivity index (χ2v) is 18.7. The van der Waals surface area contributed by atoms with Crippen molar-refractivity contribution in [2.45, 2.75) is 119 Å². The van der Waals surface area contributed by atoms with Crippen LogP contribution in [0.1, 0.15) is 138 Å². The summed E-state index contributed by atoms with van der Waals surface area (Å²) in [4.78, 5) is 0. The maximum atomic E-state index is 14.0. The standard InChI is InChI=1S/C50H53F6.2ClH.Zr/c1-13-14-32-24-36(46(4,5)6)26-37(32)41-29(3)45(48(10,11)12)44(43-38-27-40(47(7,8)9)28(2)23-33(38)25-39(41)43)42(30-15-19-34(20-16-30)49(51,52)53)31-17-21-35(22-18-31)50(54,55)56;;;/h15-24,26-27,32H,13-14H2,1-12H3;2*1H;/q-1;;;+3/p-2. The second-order valence-electron chi connectivity index (χ2n) is 18.7. The molecule has 0 spiro atoms. The van der Waals surface area contributed by atoms with Crippen LogP contribution in [0, 0.1) is 35.6 Å². The normalized spacial score (nSPS) is 15.2. The summed E-state index contributed by atoms with van der Waals surface area (Å²) in [5, 5.41) is 3.60. The van der Waals surface area contributed by atoms with E-state index in [9.17, 15) is 26.3 Å². The molecule has 2 aliphatic carbocycles. The number of hydrogen-bond donors (Lipinski definition) is 0. The summed E-state index contributed by atoms with van der Waals surface area (Å²) in [7, 11) is 0. The molecule has 2 aliphatic rings. The number of aryl methyl sites for hydroxylation is 1. The number of benzene rings is 4. The molecule has 0 saturated heterocycles. The maximum Gasteiger partial charge on any atom is 3.00 e. The van der Waals surface area contributed by atoms with Gasteiger partial charge in [0.05, 0.1) is 11.1 Å². The predicted molar refractivity (Wildman–Crippen MR) is 218 cm³/mol. The van der Waals surface area contributed by atoms with E-state index in [1.54, 1.807) is 0 Å². The van der Waals surface area contributed by atoms with E-state index in [1.165, 1.54) is 35.4 Å². The average molecular weight is 930 g/mol. The first-order valence-corrected chi connectivity index (χ1v) is 19.5. The fourth-order valence-electron chi connectivity index (χ4n) is 8.79. The third-order valence-corrected chi connectivity index (χ3v) is 11.3. The van der Waals surface area contributed by atoms with E-state index in [4.69, 9.17) is 0 Å². The van der Waals surface area contributed by atoms with Crippen molar-refractivity contribution in [1.82, 2.24) is 0 Å². The molecule has 0 aromatic heterocycles. The molecule has 0 amide bonds. The Balaban J connectivity index is 0.00000310. The SMILES string of the molecule is CCCC1C=C(C(C)(C)C)C=C1c1c(C)c(C(C)(C)C)c(=C(c2ccc(C(F)(F)F)cc2)c2ccc(C(F)(F)F)cc2)c2c1[C-]=c1cc(C)c(C(C)(C)C)cc1=2.[Cl-].[Cl-].[Zr+3]. The van der Waals surface area contributed by atoms with Gasteiger partial charge in [0.2, 0.25) is 0 Å². The number of alkyl halides is 6. The van der Waals surface area contributed by atoms with Crippen LogP contribution in [0.2, 0.25) is 0 Å². The first-order valence-electron chi connectivity index (χ1n) is 19.5. The second kappa shape index (κ2) is 17.5. The smallest absolute Gasteiger partial charge is 1.00 e. The minimum Gasteiger partial charge on any atom is -1.00 e. The van der Waals surface area contributed by atoms with Gasteiger partial charge in [0.1, 0.15) is 0 Å². The molecule has 1 radical (unpaired) electrons. The number of rotatable bonds is 5. The van der Waals surface area contributed by atoms with Crippen LogP contribution in [0.5, 0.6) is 0 Å². The summed E-state index contributed by atoms with van der Waals surface area (Å²) in [6.07, 6.45) is 1.44. The van der Waals surface area contributed by atoms with Gasteiger partial charge in [-0.15, -0.1) is 33.4 Å². The molecular formula is C50H53Cl2F6Zr. The predicted octanol–water partition coefficient (Wildman–Crippen LogP) is 7.28. The molecule has 0 fully saturated rings. The van der Waals surface area contributed by atoms with Crippen molar-refractivity contribution in [2.75, 3.05) is 0 Å². The zero-order valence-corrected chi connectivity index (χ0v) is 39.9. The molecule has 0 heterocycles. The van der Waals surface area contributed by atoms with Crippen LogP contribution in [-0.4, -0.2) is 0 Å². The molecule has 0 saturated carbocycles. The van der Waals surface area contributed by atoms with Gasteiger partial charge < -0.3 is 24.8 Å². The summed E-state index contributed by atoms with van der Waals surface area (Å²) in [6, 6.07) is 14.5. The van der Waals surface area contributed by atoms with Crippen LogP contribution in [0.4, 0.5) is 26.3 Å². The molecule has 1 unspecified atom stereocenters. The van der Waals surface area contributed by atoms with Gasteiger partial charge in [-0.1, -0.05) is 146 Å². The van der Waals surface area contributed by atoms with E-state index in [-0.39, 0.29) is 67.8 Å². The van der Waals surface area contributed by atoms with E-state index in [0.29, 0.717) is 16.7 Å². The van der Waals surface area contributed by atoms with Crippen molar-refractivity contribution < 1.29 is 77.4 Å². The van der Waals surface area contributed by atoms with Crippen molar-refractivity contribution in [3.8, 4) is 0 Å². The van der Waals surface area contributed by atoms with Gasteiger partial charge >= 0.3 is 38.6 Å². The summed E-state index contributed by atoms with van der Waals surface area (Å²) >= 11 is 0. The number of halogens is 8. The first-order chi connectivity index (χ1) is 25.7. The van der Waals surface area contributed by atoms with Crippen molar-refractivity contribution in [2.24, 2.45) is 11.3 Å². The Labute approximate surface area is 377 Å². The van der Waals surface area contributed by atoms with E-state index < -0.39 is 28.9 Å². The number of fused-ring (bicyclic) bond motifs is 2. The fourth-order valence-corrected chi connectivity index (χ4v) is 8.79. The minimum atomic E-state index is -4.56. The molecule has 0 aliphatic heterocycles. The van der Waals surface area contributed by atoms with Gasteiger partial charge in [-0.25, -0.2) is 0 Å². The molecular weight excluding hydrogens is 877 g/mol. The Kier molecular flexibility index (Phi) is 15.0. The summed E-state index contributed by atoms with van der Waals surface area (Å²) in [5.41, 5.74) is 7.97. The van der Waals surface area contributed by atoms with Crippen molar-refractivity contribution in [3.63, 3.8) is 0 Å². The zero-order chi connectivity index (χ0) is 41.5. The van der Waals surface area contributed by atoms with Gasteiger partial charge in [0.25, 0.3) is 0 Å². The summed E-state index contributed by atoms with van der Waals surface area (Å²) in [6.45, 7) is 26.0. The number of hydrogen-bond acceptors (Lipinski definition) is 0. The Bertz CT molecular complexity index is 2440. The van der Waals surface area contributed by atoms with E-state index >= 15 is 0 Å². The van der Waals surface area contributed by atoms with Gasteiger partial charge in [-0.05, 0) is 99.8 Å². The van der Waals surface area contributed by atoms with E-state index in [0.717, 1.165) is 91.4 Å². The largest absolute Gasteiger partial charge is 3.00 e. The zero-order valence-electron chi connectivity index (χ0n) is 35.9. The van der Waals surface area contributed by atoms with E-state index in [2.05, 4.69) is 113 Å². The first kappa shape index (κ1) is 50.5. The summed E-state index contributed by atoms with van der Waals surface area (Å²) in [5.74, 6) is 0.168. The molecule has 4 aromatic carbocycles. The third-order valence-electron chi connectivity index (χ3n) is 11.3. The maximum absolute atomic E-state index is 14.0. The van der Waals surface area contributed by atoms with Crippen LogP contribution < -0.4 is 35.3 Å². The van der Waals surface area contributed by atoms with Crippen molar-refractivity contribution in [1.29, 1.82) is 0 Å². The van der Waals surface area contributed by atoms with Crippen LogP contribution in [0.3, 0.4) is 0 Å². The molecule has 313 valence electrons. The summed E-state index contributed by atoms with van der Waals surface area (Å²) < 4.78 is 83.7. The molecule has 0 N–H and O–H groups in total. The quantitative estimate of drug-likeness (QED) is 0.129. The molecule has 0 bridgehead atoms. The van der Waals surface area contributed by atoms with Crippen LogP contribution in [0.15, 0.2) is 78.4 Å². The van der Waals surface area contributed by atoms with Crippen LogP contribution in [-0.2, 0) is 49.4 Å². The fraction of sp³-hybridized carbons (Fsp3) is 0.400. The van der Waals surface area contributed by atoms with Crippen molar-refractivity contribution in [3.05, 3.63) is 155 Å². The van der Waals surface area contributed by atoms with Crippen molar-refractivity contribution >= 4 is 17.2 Å². The Morgan fingerprint density at radius 3 is 1.58 bits per heavy atom. The Hall–Kier alpha value is -2.86. The van der Waals surface area contributed by atoms with Gasteiger partial charge in [0.15, 0.2) is 0 Å².